The van der Waals surface area contributed by atoms with Crippen molar-refractivity contribution in [3.63, 3.8) is 0 Å². The van der Waals surface area contributed by atoms with Gasteiger partial charge in [-0.2, -0.15) is 0 Å². The number of nitrogens with zero attached hydrogens (tertiary/aromatic N) is 4. The average Bonchev–Trinajstić information content (AvgIpc) is 2.49. The molecule has 0 spiro atoms. The second-order valence-electron chi connectivity index (χ2n) is 3.27. The van der Waals surface area contributed by atoms with Gasteiger partial charge in [0.1, 0.15) is 0 Å². The molecule has 0 saturated carbocycles. The summed E-state index contributed by atoms with van der Waals surface area (Å²) < 4.78 is 1.73. The highest BCUT2D eigenvalue weighted by molar-refractivity contribution is 5.67. The molecule has 1 aliphatic heterocycles. The minimum absolute atomic E-state index is 0.191. The summed E-state index contributed by atoms with van der Waals surface area (Å²) in [6, 6.07) is 0. The highest BCUT2D eigenvalue weighted by Gasteiger charge is 2.22. The number of hydrogen-bond donors (Lipinski definition) is 1. The molecule has 1 aromatic rings. The first-order chi connectivity index (χ1) is 6.25. The molecule has 70 valence electrons. The van der Waals surface area contributed by atoms with Gasteiger partial charge in [-0.05, 0) is 22.8 Å². The number of aliphatic carboxylic acids is 1. The van der Waals surface area contributed by atoms with Gasteiger partial charge in [-0.15, -0.1) is 5.10 Å². The van der Waals surface area contributed by atoms with Crippen LogP contribution in [0.4, 0.5) is 0 Å². The van der Waals surface area contributed by atoms with Gasteiger partial charge in [0, 0.05) is 19.4 Å². The molecule has 0 saturated heterocycles. The number of carboxylic acids is 1. The number of carboxylic acid groups (broad SMARTS) is 1. The largest absolute Gasteiger partial charge is 0.481 e. The Hall–Kier alpha value is -1.46. The molecule has 1 unspecified atom stereocenters. The van der Waals surface area contributed by atoms with Gasteiger partial charge < -0.3 is 5.11 Å². The van der Waals surface area contributed by atoms with Crippen molar-refractivity contribution in [2.45, 2.75) is 25.8 Å². The molecular weight excluding hydrogens is 172 g/mol. The molecule has 2 heterocycles. The van der Waals surface area contributed by atoms with E-state index in [4.69, 9.17) is 5.11 Å². The second-order valence-corrected chi connectivity index (χ2v) is 3.27. The molecule has 1 N–H and O–H groups in total. The molecule has 6 heteroatoms. The Kier molecular flexibility index (Phi) is 1.96. The summed E-state index contributed by atoms with van der Waals surface area (Å²) in [7, 11) is 0. The van der Waals surface area contributed by atoms with Crippen LogP contribution in [0.5, 0.6) is 0 Å². The maximum absolute atomic E-state index is 10.5. The monoisotopic (exact) mass is 182 g/mol. The van der Waals surface area contributed by atoms with Crippen LogP contribution in [0.25, 0.3) is 0 Å². The zero-order chi connectivity index (χ0) is 9.26. The lowest BCUT2D eigenvalue weighted by atomic mass is 9.95. The van der Waals surface area contributed by atoms with E-state index in [0.29, 0.717) is 6.42 Å². The lowest BCUT2D eigenvalue weighted by Crippen LogP contribution is -2.22. The van der Waals surface area contributed by atoms with Crippen molar-refractivity contribution in [1.82, 2.24) is 20.2 Å². The number of rotatable bonds is 2. The fourth-order valence-electron chi connectivity index (χ4n) is 1.63. The van der Waals surface area contributed by atoms with Crippen LogP contribution >= 0.6 is 0 Å². The summed E-state index contributed by atoms with van der Waals surface area (Å²) in [4.78, 5) is 10.5. The van der Waals surface area contributed by atoms with Gasteiger partial charge >= 0.3 is 5.97 Å². The van der Waals surface area contributed by atoms with Crippen LogP contribution in [-0.2, 0) is 17.8 Å². The highest BCUT2D eigenvalue weighted by atomic mass is 16.4. The molecule has 0 bridgehead atoms. The first-order valence-corrected chi connectivity index (χ1v) is 4.22. The predicted molar refractivity (Wildman–Crippen MR) is 41.9 cm³/mol. The van der Waals surface area contributed by atoms with Crippen LogP contribution in [-0.4, -0.2) is 31.3 Å². The fourth-order valence-corrected chi connectivity index (χ4v) is 1.63. The first kappa shape index (κ1) is 8.15. The Morgan fingerprint density at radius 2 is 2.54 bits per heavy atom. The molecule has 2 rings (SSSR count). The third kappa shape index (κ3) is 1.66. The number of tetrazole rings is 1. The summed E-state index contributed by atoms with van der Waals surface area (Å²) in [5.74, 6) is 0.249. The normalized spacial score (nSPS) is 21.1. The Morgan fingerprint density at radius 1 is 1.69 bits per heavy atom. The van der Waals surface area contributed by atoms with Crippen LogP contribution in [0.3, 0.4) is 0 Å². The second kappa shape index (κ2) is 3.12. The van der Waals surface area contributed by atoms with Crippen molar-refractivity contribution in [3.8, 4) is 0 Å². The van der Waals surface area contributed by atoms with Crippen molar-refractivity contribution in [2.75, 3.05) is 0 Å². The Balaban J connectivity index is 2.04. The highest BCUT2D eigenvalue weighted by Crippen LogP contribution is 2.20. The smallest absolute Gasteiger partial charge is 0.303 e. The molecule has 0 fully saturated rings. The van der Waals surface area contributed by atoms with E-state index in [1.165, 1.54) is 0 Å². The third-order valence-corrected chi connectivity index (χ3v) is 2.29. The van der Waals surface area contributed by atoms with Crippen molar-refractivity contribution in [1.29, 1.82) is 0 Å². The minimum atomic E-state index is -0.745. The van der Waals surface area contributed by atoms with Crippen LogP contribution in [0.2, 0.25) is 0 Å². The van der Waals surface area contributed by atoms with E-state index in [2.05, 4.69) is 15.5 Å². The Bertz CT molecular complexity index is 322. The Morgan fingerprint density at radius 3 is 3.31 bits per heavy atom. The molecule has 6 nitrogen and oxygen atoms in total. The zero-order valence-corrected chi connectivity index (χ0v) is 7.05. The summed E-state index contributed by atoms with van der Waals surface area (Å²) in [6.07, 6.45) is 1.75. The maximum Gasteiger partial charge on any atom is 0.303 e. The van der Waals surface area contributed by atoms with E-state index in [-0.39, 0.29) is 12.3 Å². The van der Waals surface area contributed by atoms with Gasteiger partial charge in [-0.1, -0.05) is 0 Å². The van der Waals surface area contributed by atoms with Gasteiger partial charge in [0.25, 0.3) is 0 Å². The van der Waals surface area contributed by atoms with Gasteiger partial charge in [0.15, 0.2) is 5.82 Å². The number of aromatic nitrogens is 4. The lowest BCUT2D eigenvalue weighted by molar-refractivity contribution is -0.138. The SMILES string of the molecule is O=C(O)CC1CCn2nnnc2C1. The van der Waals surface area contributed by atoms with Crippen LogP contribution in [0.1, 0.15) is 18.7 Å². The lowest BCUT2D eigenvalue weighted by Gasteiger charge is -2.19. The molecule has 1 aromatic heterocycles. The maximum atomic E-state index is 10.5. The van der Waals surface area contributed by atoms with E-state index < -0.39 is 5.97 Å². The molecule has 0 radical (unpaired) electrons. The predicted octanol–water partition coefficient (Wildman–Crippen LogP) is -0.290. The van der Waals surface area contributed by atoms with Crippen LogP contribution < -0.4 is 0 Å². The van der Waals surface area contributed by atoms with Crippen LogP contribution in [0, 0.1) is 5.92 Å². The standard InChI is InChI=1S/C7H10N4O2/c12-7(13)4-5-1-2-11-6(3-5)8-9-10-11/h5H,1-4H2,(H,12,13). The molecule has 1 atom stereocenters. The van der Waals surface area contributed by atoms with Crippen LogP contribution in [0.15, 0.2) is 0 Å². The topological polar surface area (TPSA) is 80.9 Å². The summed E-state index contributed by atoms with van der Waals surface area (Å²) in [5, 5.41) is 19.7. The molecule has 0 amide bonds. The fraction of sp³-hybridized carbons (Fsp3) is 0.714. The van der Waals surface area contributed by atoms with E-state index in [9.17, 15) is 4.79 Å². The molecule has 1 aliphatic rings. The van der Waals surface area contributed by atoms with E-state index in [1.54, 1.807) is 4.68 Å². The summed E-state index contributed by atoms with van der Waals surface area (Å²) in [5.41, 5.74) is 0. The average molecular weight is 182 g/mol. The third-order valence-electron chi connectivity index (χ3n) is 2.29. The number of hydrogen-bond acceptors (Lipinski definition) is 4. The quantitative estimate of drug-likeness (QED) is 0.679. The van der Waals surface area contributed by atoms with E-state index in [1.807, 2.05) is 0 Å². The first-order valence-electron chi connectivity index (χ1n) is 4.22. The van der Waals surface area contributed by atoms with E-state index >= 15 is 0 Å². The minimum Gasteiger partial charge on any atom is -0.481 e. The van der Waals surface area contributed by atoms with Crippen molar-refractivity contribution in [3.05, 3.63) is 5.82 Å². The van der Waals surface area contributed by atoms with Gasteiger partial charge in [0.05, 0.1) is 0 Å². The molecule has 0 aromatic carbocycles. The van der Waals surface area contributed by atoms with Gasteiger partial charge in [-0.25, -0.2) is 4.68 Å². The molecule has 13 heavy (non-hydrogen) atoms. The number of carbonyl (C=O) groups is 1. The Labute approximate surface area is 74.6 Å². The summed E-state index contributed by atoms with van der Waals surface area (Å²) in [6.45, 7) is 0.736. The van der Waals surface area contributed by atoms with Gasteiger partial charge in [0.2, 0.25) is 0 Å². The molecular formula is C7H10N4O2. The summed E-state index contributed by atoms with van der Waals surface area (Å²) >= 11 is 0. The zero-order valence-electron chi connectivity index (χ0n) is 7.05. The van der Waals surface area contributed by atoms with Crippen molar-refractivity contribution in [2.24, 2.45) is 5.92 Å². The molecule has 0 aliphatic carbocycles. The van der Waals surface area contributed by atoms with Crippen molar-refractivity contribution < 1.29 is 9.90 Å². The van der Waals surface area contributed by atoms with Gasteiger partial charge in [-0.3, -0.25) is 4.79 Å². The number of fused-ring (bicyclic) bond motifs is 1. The van der Waals surface area contributed by atoms with E-state index in [0.717, 1.165) is 18.8 Å². The number of aryl methyl sites for hydroxylation is 1. The van der Waals surface area contributed by atoms with Crippen molar-refractivity contribution >= 4 is 5.97 Å².